The Hall–Kier alpha value is -2.95. The average molecular weight is 359 g/mol. The quantitative estimate of drug-likeness (QED) is 0.670. The van der Waals surface area contributed by atoms with Crippen molar-refractivity contribution in [2.75, 3.05) is 0 Å². The summed E-state index contributed by atoms with van der Waals surface area (Å²) in [7, 11) is 0. The molecule has 0 saturated carbocycles. The van der Waals surface area contributed by atoms with Gasteiger partial charge >= 0.3 is 0 Å². The van der Waals surface area contributed by atoms with Gasteiger partial charge in [0.1, 0.15) is 11.9 Å². The van der Waals surface area contributed by atoms with E-state index in [1.807, 2.05) is 49.1 Å². The summed E-state index contributed by atoms with van der Waals surface area (Å²) in [6, 6.07) is 14.9. The van der Waals surface area contributed by atoms with Crippen molar-refractivity contribution in [1.82, 2.24) is 14.5 Å². The molecule has 3 heterocycles. The number of carbonyl (C=O) groups is 1. The highest BCUT2D eigenvalue weighted by molar-refractivity contribution is 5.84. The lowest BCUT2D eigenvalue weighted by atomic mass is 9.88. The minimum absolute atomic E-state index is 0.00929. The van der Waals surface area contributed by atoms with Crippen LogP contribution in [0.2, 0.25) is 0 Å². The van der Waals surface area contributed by atoms with Crippen molar-refractivity contribution in [2.45, 2.75) is 38.9 Å². The molecule has 1 amide bonds. The molecule has 0 bridgehead atoms. The summed E-state index contributed by atoms with van der Waals surface area (Å²) < 4.78 is 1.67. The number of para-hydroxylation sites is 1. The van der Waals surface area contributed by atoms with Gasteiger partial charge in [-0.1, -0.05) is 50.2 Å². The second kappa shape index (κ2) is 5.78. The predicted molar refractivity (Wildman–Crippen MR) is 103 cm³/mol. The van der Waals surface area contributed by atoms with E-state index in [0.29, 0.717) is 29.7 Å². The van der Waals surface area contributed by atoms with E-state index >= 15 is 0 Å². The molecule has 0 spiro atoms. The zero-order chi connectivity index (χ0) is 18.7. The summed E-state index contributed by atoms with van der Waals surface area (Å²) in [5.41, 5.74) is 3.00. The fourth-order valence-corrected chi connectivity index (χ4v) is 4.52. The third kappa shape index (κ3) is 2.27. The van der Waals surface area contributed by atoms with Crippen LogP contribution in [-0.2, 0) is 17.8 Å². The fraction of sp³-hybridized carbons (Fsp3) is 0.318. The van der Waals surface area contributed by atoms with Gasteiger partial charge in [0.05, 0.1) is 16.9 Å². The summed E-state index contributed by atoms with van der Waals surface area (Å²) >= 11 is 0. The zero-order valence-electron chi connectivity index (χ0n) is 15.4. The molecule has 1 aromatic heterocycles. The number of aromatic nitrogens is 2. The van der Waals surface area contributed by atoms with Gasteiger partial charge < -0.3 is 4.90 Å². The molecule has 2 atom stereocenters. The first-order valence-corrected chi connectivity index (χ1v) is 9.44. The summed E-state index contributed by atoms with van der Waals surface area (Å²) in [5.74, 6) is 0.748. The molecule has 27 heavy (non-hydrogen) atoms. The molecule has 2 aliphatic heterocycles. The van der Waals surface area contributed by atoms with Crippen molar-refractivity contribution < 1.29 is 4.79 Å². The molecule has 136 valence electrons. The highest BCUT2D eigenvalue weighted by Crippen LogP contribution is 2.40. The van der Waals surface area contributed by atoms with E-state index in [9.17, 15) is 9.59 Å². The molecule has 0 fully saturated rings. The number of hydrogen-bond donors (Lipinski definition) is 0. The standard InChI is InChI=1S/C22H21N3O2/c1-13(2)19-22(27)24-12-15-8-4-3-7-14(15)11-18(24)20-23-17-10-6-5-9-16(17)21(26)25(19)20/h3-10,13,18-19H,11-12H2,1-2H3/t18-,19+/m1/s1. The predicted octanol–water partition coefficient (Wildman–Crippen LogP) is 3.23. The van der Waals surface area contributed by atoms with Gasteiger partial charge in [-0.2, -0.15) is 0 Å². The molecule has 3 aromatic rings. The summed E-state index contributed by atoms with van der Waals surface area (Å²) in [6.45, 7) is 4.56. The monoisotopic (exact) mass is 359 g/mol. The van der Waals surface area contributed by atoms with E-state index in [-0.39, 0.29) is 23.4 Å². The maximum atomic E-state index is 13.4. The maximum Gasteiger partial charge on any atom is 0.262 e. The third-order valence-corrected chi connectivity index (χ3v) is 5.83. The van der Waals surface area contributed by atoms with E-state index in [1.165, 1.54) is 11.1 Å². The number of fused-ring (bicyclic) bond motifs is 5. The number of amides is 1. The summed E-state index contributed by atoms with van der Waals surface area (Å²) in [4.78, 5) is 33.5. The van der Waals surface area contributed by atoms with Crippen LogP contribution in [0.25, 0.3) is 10.9 Å². The van der Waals surface area contributed by atoms with Crippen LogP contribution in [-0.4, -0.2) is 20.4 Å². The molecular formula is C22H21N3O2. The second-order valence-corrected chi connectivity index (χ2v) is 7.81. The van der Waals surface area contributed by atoms with E-state index in [1.54, 1.807) is 10.6 Å². The lowest BCUT2D eigenvalue weighted by Gasteiger charge is -2.44. The normalized spacial score (nSPS) is 21.1. The van der Waals surface area contributed by atoms with Crippen LogP contribution in [0.3, 0.4) is 0 Å². The van der Waals surface area contributed by atoms with E-state index < -0.39 is 6.04 Å². The highest BCUT2D eigenvalue weighted by Gasteiger charge is 2.44. The van der Waals surface area contributed by atoms with Crippen LogP contribution in [0.1, 0.15) is 42.9 Å². The first kappa shape index (κ1) is 16.2. The van der Waals surface area contributed by atoms with E-state index in [4.69, 9.17) is 4.98 Å². The minimum Gasteiger partial charge on any atom is -0.326 e. The van der Waals surface area contributed by atoms with Crippen LogP contribution in [0.15, 0.2) is 53.3 Å². The Morgan fingerprint density at radius 1 is 1.00 bits per heavy atom. The molecule has 0 saturated heterocycles. The van der Waals surface area contributed by atoms with Gasteiger partial charge in [-0.3, -0.25) is 14.2 Å². The van der Waals surface area contributed by atoms with Gasteiger partial charge in [0.2, 0.25) is 5.91 Å². The van der Waals surface area contributed by atoms with E-state index in [2.05, 4.69) is 12.1 Å². The Morgan fingerprint density at radius 3 is 2.48 bits per heavy atom. The zero-order valence-corrected chi connectivity index (χ0v) is 15.4. The number of carbonyl (C=O) groups excluding carboxylic acids is 1. The molecular weight excluding hydrogens is 338 g/mol. The molecule has 0 aliphatic carbocycles. The van der Waals surface area contributed by atoms with Gasteiger partial charge in [0.25, 0.3) is 5.56 Å². The number of rotatable bonds is 1. The smallest absolute Gasteiger partial charge is 0.262 e. The van der Waals surface area contributed by atoms with Crippen molar-refractivity contribution in [3.8, 4) is 0 Å². The van der Waals surface area contributed by atoms with Crippen molar-refractivity contribution >= 4 is 16.8 Å². The number of hydrogen-bond acceptors (Lipinski definition) is 3. The third-order valence-electron chi connectivity index (χ3n) is 5.83. The largest absolute Gasteiger partial charge is 0.326 e. The molecule has 5 nitrogen and oxygen atoms in total. The lowest BCUT2D eigenvalue weighted by molar-refractivity contribution is -0.143. The molecule has 0 radical (unpaired) electrons. The van der Waals surface area contributed by atoms with Crippen LogP contribution < -0.4 is 5.56 Å². The van der Waals surface area contributed by atoms with Gasteiger partial charge in [0.15, 0.2) is 0 Å². The van der Waals surface area contributed by atoms with Crippen molar-refractivity contribution in [1.29, 1.82) is 0 Å². The Bertz CT molecular complexity index is 1130. The topological polar surface area (TPSA) is 55.2 Å². The molecule has 2 aliphatic rings. The summed E-state index contributed by atoms with van der Waals surface area (Å²) in [5, 5.41) is 0.573. The molecule has 5 heteroatoms. The fourth-order valence-electron chi connectivity index (χ4n) is 4.52. The van der Waals surface area contributed by atoms with Gasteiger partial charge in [-0.05, 0) is 29.2 Å². The first-order valence-electron chi connectivity index (χ1n) is 9.44. The Kier molecular flexibility index (Phi) is 3.47. The molecule has 5 rings (SSSR count). The molecule has 2 aromatic carbocycles. The average Bonchev–Trinajstić information content (AvgIpc) is 2.68. The van der Waals surface area contributed by atoms with Gasteiger partial charge in [0, 0.05) is 13.0 Å². The van der Waals surface area contributed by atoms with Crippen molar-refractivity contribution in [3.05, 3.63) is 75.8 Å². The van der Waals surface area contributed by atoms with Gasteiger partial charge in [-0.15, -0.1) is 0 Å². The van der Waals surface area contributed by atoms with Crippen LogP contribution in [0.4, 0.5) is 0 Å². The number of nitrogens with zero attached hydrogens (tertiary/aromatic N) is 3. The van der Waals surface area contributed by atoms with Crippen molar-refractivity contribution in [2.24, 2.45) is 5.92 Å². The van der Waals surface area contributed by atoms with Crippen molar-refractivity contribution in [3.63, 3.8) is 0 Å². The Morgan fingerprint density at radius 2 is 1.70 bits per heavy atom. The molecule has 0 unspecified atom stereocenters. The number of benzene rings is 2. The van der Waals surface area contributed by atoms with Crippen LogP contribution in [0.5, 0.6) is 0 Å². The van der Waals surface area contributed by atoms with Gasteiger partial charge in [-0.25, -0.2) is 4.98 Å². The highest BCUT2D eigenvalue weighted by atomic mass is 16.2. The maximum absolute atomic E-state index is 13.4. The minimum atomic E-state index is -0.508. The van der Waals surface area contributed by atoms with Crippen LogP contribution >= 0.6 is 0 Å². The first-order chi connectivity index (χ1) is 13.1. The van der Waals surface area contributed by atoms with E-state index in [0.717, 1.165) is 0 Å². The Labute approximate surface area is 157 Å². The summed E-state index contributed by atoms with van der Waals surface area (Å²) in [6.07, 6.45) is 0.692. The van der Waals surface area contributed by atoms with Crippen LogP contribution in [0, 0.1) is 5.92 Å². The second-order valence-electron chi connectivity index (χ2n) is 7.81. The lowest BCUT2D eigenvalue weighted by Crippen LogP contribution is -2.53. The molecule has 0 N–H and O–H groups in total. The Balaban J connectivity index is 1.80. The SMILES string of the molecule is CC(C)[C@H]1C(=O)N2Cc3ccccc3C[C@@H]2c2nc3ccccc3c(=O)n21.